The lowest BCUT2D eigenvalue weighted by molar-refractivity contribution is -0.117. The van der Waals surface area contributed by atoms with Gasteiger partial charge in [0.2, 0.25) is 15.9 Å². The van der Waals surface area contributed by atoms with E-state index in [2.05, 4.69) is 10.0 Å². The first-order valence-electron chi connectivity index (χ1n) is 7.87. The summed E-state index contributed by atoms with van der Waals surface area (Å²) in [4.78, 5) is 12.2. The number of hydrogen-bond donors (Lipinski definition) is 2. The zero-order valence-corrected chi connectivity index (χ0v) is 16.5. The fraction of sp³-hybridized carbons (Fsp3) is 0.278. The Morgan fingerprint density at radius 2 is 1.73 bits per heavy atom. The quantitative estimate of drug-likeness (QED) is 0.784. The SMILES string of the molecule is COc1ccc(Cl)cc1S(=O)(=O)N[C@@H](C)C(=O)Nc1cc(C)cc(C)c1. The smallest absolute Gasteiger partial charge is 0.245 e. The van der Waals surface area contributed by atoms with Crippen molar-refractivity contribution in [3.05, 3.63) is 52.5 Å². The molecule has 0 aliphatic rings. The Morgan fingerprint density at radius 3 is 2.31 bits per heavy atom. The number of benzene rings is 2. The molecule has 1 amide bonds. The van der Waals surface area contributed by atoms with Crippen molar-refractivity contribution >= 4 is 33.2 Å². The fourth-order valence-corrected chi connectivity index (χ4v) is 4.14. The van der Waals surface area contributed by atoms with Crippen LogP contribution >= 0.6 is 11.6 Å². The van der Waals surface area contributed by atoms with Crippen molar-refractivity contribution < 1.29 is 17.9 Å². The van der Waals surface area contributed by atoms with Gasteiger partial charge in [0, 0.05) is 10.7 Å². The van der Waals surface area contributed by atoms with Crippen LogP contribution in [0, 0.1) is 13.8 Å². The number of methoxy groups -OCH3 is 1. The van der Waals surface area contributed by atoms with Gasteiger partial charge in [0.05, 0.1) is 13.2 Å². The molecule has 0 aliphatic carbocycles. The third-order valence-corrected chi connectivity index (χ3v) is 5.43. The van der Waals surface area contributed by atoms with Gasteiger partial charge >= 0.3 is 0 Å². The van der Waals surface area contributed by atoms with Crippen LogP contribution < -0.4 is 14.8 Å². The molecule has 0 bridgehead atoms. The first-order chi connectivity index (χ1) is 12.1. The summed E-state index contributed by atoms with van der Waals surface area (Å²) in [6.45, 7) is 5.30. The topological polar surface area (TPSA) is 84.5 Å². The molecule has 26 heavy (non-hydrogen) atoms. The molecule has 0 unspecified atom stereocenters. The van der Waals surface area contributed by atoms with Gasteiger partial charge < -0.3 is 10.1 Å². The van der Waals surface area contributed by atoms with Gasteiger partial charge in [-0.05, 0) is 62.2 Å². The van der Waals surface area contributed by atoms with E-state index in [0.717, 1.165) is 11.1 Å². The van der Waals surface area contributed by atoms with Gasteiger partial charge in [-0.1, -0.05) is 17.7 Å². The lowest BCUT2D eigenvalue weighted by Gasteiger charge is -2.16. The summed E-state index contributed by atoms with van der Waals surface area (Å²) in [7, 11) is -2.64. The molecule has 6 nitrogen and oxygen atoms in total. The predicted octanol–water partition coefficient (Wildman–Crippen LogP) is 3.27. The molecular weight excluding hydrogens is 376 g/mol. The van der Waals surface area contributed by atoms with Gasteiger partial charge in [-0.3, -0.25) is 4.79 Å². The lowest BCUT2D eigenvalue weighted by Crippen LogP contribution is -2.41. The number of anilines is 1. The Morgan fingerprint density at radius 1 is 1.12 bits per heavy atom. The Balaban J connectivity index is 2.18. The van der Waals surface area contributed by atoms with Crippen molar-refractivity contribution in [2.45, 2.75) is 31.7 Å². The Labute approximate surface area is 158 Å². The summed E-state index contributed by atoms with van der Waals surface area (Å²) < 4.78 is 32.6. The molecule has 2 rings (SSSR count). The first-order valence-corrected chi connectivity index (χ1v) is 9.73. The highest BCUT2D eigenvalue weighted by atomic mass is 35.5. The molecule has 2 N–H and O–H groups in total. The highest BCUT2D eigenvalue weighted by Crippen LogP contribution is 2.27. The average Bonchev–Trinajstić information content (AvgIpc) is 2.53. The summed E-state index contributed by atoms with van der Waals surface area (Å²) in [5, 5.41) is 2.96. The van der Waals surface area contributed by atoms with Crippen molar-refractivity contribution in [2.75, 3.05) is 12.4 Å². The number of carbonyl (C=O) groups is 1. The van der Waals surface area contributed by atoms with E-state index >= 15 is 0 Å². The number of halogens is 1. The number of amides is 1. The Bertz CT molecular complexity index is 909. The highest BCUT2D eigenvalue weighted by molar-refractivity contribution is 7.89. The van der Waals surface area contributed by atoms with E-state index in [1.165, 1.54) is 32.2 Å². The normalized spacial score (nSPS) is 12.5. The first kappa shape index (κ1) is 20.2. The second-order valence-corrected chi connectivity index (χ2v) is 8.12. The summed E-state index contributed by atoms with van der Waals surface area (Å²) in [6, 6.07) is 8.86. The van der Waals surface area contributed by atoms with E-state index in [9.17, 15) is 13.2 Å². The molecule has 2 aromatic carbocycles. The number of sulfonamides is 1. The van der Waals surface area contributed by atoms with Crippen LogP contribution in [0.1, 0.15) is 18.1 Å². The van der Waals surface area contributed by atoms with Crippen LogP contribution in [-0.2, 0) is 14.8 Å². The number of ether oxygens (including phenoxy) is 1. The maximum absolute atomic E-state index is 12.6. The standard InChI is InChI=1S/C18H21ClN2O4S/c1-11-7-12(2)9-15(8-11)20-18(22)13(3)21-26(23,24)17-10-14(19)5-6-16(17)25-4/h5-10,13,21H,1-4H3,(H,20,22)/t13-/m0/s1. The number of aryl methyl sites for hydroxylation is 2. The van der Waals surface area contributed by atoms with Gasteiger partial charge in [-0.25, -0.2) is 8.42 Å². The van der Waals surface area contributed by atoms with Crippen LogP contribution in [0.25, 0.3) is 0 Å². The van der Waals surface area contributed by atoms with Crippen molar-refractivity contribution in [1.82, 2.24) is 4.72 Å². The van der Waals surface area contributed by atoms with Crippen LogP contribution in [0.4, 0.5) is 5.69 Å². The van der Waals surface area contributed by atoms with Gasteiger partial charge in [-0.15, -0.1) is 0 Å². The molecule has 0 spiro atoms. The maximum atomic E-state index is 12.6. The van der Waals surface area contributed by atoms with Gasteiger partial charge in [0.1, 0.15) is 10.6 Å². The zero-order chi connectivity index (χ0) is 19.5. The van der Waals surface area contributed by atoms with Gasteiger partial charge in [-0.2, -0.15) is 4.72 Å². The maximum Gasteiger partial charge on any atom is 0.245 e. The molecule has 0 aliphatic heterocycles. The van der Waals surface area contributed by atoms with E-state index in [1.807, 2.05) is 32.0 Å². The molecule has 1 atom stereocenters. The van der Waals surface area contributed by atoms with Crippen molar-refractivity contribution in [1.29, 1.82) is 0 Å². The predicted molar refractivity (Wildman–Crippen MR) is 102 cm³/mol. The summed E-state index contributed by atoms with van der Waals surface area (Å²) >= 11 is 5.89. The van der Waals surface area contributed by atoms with Crippen LogP contribution in [0.2, 0.25) is 5.02 Å². The van der Waals surface area contributed by atoms with E-state index in [-0.39, 0.29) is 15.7 Å². The average molecular weight is 397 g/mol. The molecule has 0 heterocycles. The van der Waals surface area contributed by atoms with Crippen molar-refractivity contribution in [3.8, 4) is 5.75 Å². The molecule has 0 saturated heterocycles. The summed E-state index contributed by atoms with van der Waals surface area (Å²) in [5.74, 6) is -0.330. The molecule has 0 fully saturated rings. The van der Waals surface area contributed by atoms with Crippen LogP contribution in [0.5, 0.6) is 5.75 Å². The van der Waals surface area contributed by atoms with Crippen molar-refractivity contribution in [2.24, 2.45) is 0 Å². The number of nitrogens with one attached hydrogen (secondary N) is 2. The van der Waals surface area contributed by atoms with Crippen molar-refractivity contribution in [3.63, 3.8) is 0 Å². The Hall–Kier alpha value is -2.09. The third kappa shape index (κ3) is 4.97. The second-order valence-electron chi connectivity index (χ2n) is 6.00. The fourth-order valence-electron chi connectivity index (χ4n) is 2.51. The molecular formula is C18H21ClN2O4S. The molecule has 140 valence electrons. The Kier molecular flexibility index (Phi) is 6.28. The van der Waals surface area contributed by atoms with E-state index in [4.69, 9.17) is 16.3 Å². The zero-order valence-electron chi connectivity index (χ0n) is 15.0. The lowest BCUT2D eigenvalue weighted by atomic mass is 10.1. The summed E-state index contributed by atoms with van der Waals surface area (Å²) in [5.41, 5.74) is 2.60. The number of hydrogen-bond acceptors (Lipinski definition) is 4. The van der Waals surface area contributed by atoms with Crippen LogP contribution in [0.15, 0.2) is 41.3 Å². The molecule has 8 heteroatoms. The molecule has 0 saturated carbocycles. The third-order valence-electron chi connectivity index (χ3n) is 3.63. The minimum Gasteiger partial charge on any atom is -0.495 e. The van der Waals surface area contributed by atoms with Crippen LogP contribution in [0.3, 0.4) is 0 Å². The van der Waals surface area contributed by atoms with E-state index in [0.29, 0.717) is 5.69 Å². The minimum atomic E-state index is -4.00. The van der Waals surface area contributed by atoms with Gasteiger partial charge in [0.15, 0.2) is 0 Å². The monoisotopic (exact) mass is 396 g/mol. The number of rotatable bonds is 6. The van der Waals surface area contributed by atoms with E-state index in [1.54, 1.807) is 0 Å². The van der Waals surface area contributed by atoms with Gasteiger partial charge in [0.25, 0.3) is 0 Å². The highest BCUT2D eigenvalue weighted by Gasteiger charge is 2.25. The number of carbonyl (C=O) groups excluding carboxylic acids is 1. The second kappa shape index (κ2) is 8.07. The summed E-state index contributed by atoms with van der Waals surface area (Å²) in [6.07, 6.45) is 0. The molecule has 0 aromatic heterocycles. The molecule has 0 radical (unpaired) electrons. The van der Waals surface area contributed by atoms with Crippen LogP contribution in [-0.4, -0.2) is 27.5 Å². The largest absolute Gasteiger partial charge is 0.495 e. The van der Waals surface area contributed by atoms with E-state index < -0.39 is 22.0 Å². The molecule has 2 aromatic rings. The minimum absolute atomic E-state index is 0.126.